The minimum absolute atomic E-state index is 0.0781. The Kier molecular flexibility index (Phi) is 5.64. The zero-order chi connectivity index (χ0) is 18.4. The van der Waals surface area contributed by atoms with E-state index in [4.69, 9.17) is 0 Å². The molecule has 0 bridgehead atoms. The number of aromatic hydroxyl groups is 2. The molecule has 6 nitrogen and oxygen atoms in total. The first kappa shape index (κ1) is 18.3. The minimum atomic E-state index is -0.417. The van der Waals surface area contributed by atoms with Gasteiger partial charge in [0.1, 0.15) is 11.5 Å². The molecule has 25 heavy (non-hydrogen) atoms. The molecule has 0 unspecified atom stereocenters. The third kappa shape index (κ3) is 4.97. The molecule has 2 rings (SSSR count). The number of phenols is 2. The van der Waals surface area contributed by atoms with Crippen molar-refractivity contribution in [3.05, 3.63) is 59.7 Å². The molecule has 132 valence electrons. The number of rotatable bonds is 6. The Balaban J connectivity index is 1.89. The fourth-order valence-corrected chi connectivity index (χ4v) is 2.22. The average molecular weight is 342 g/mol. The Labute approximate surface area is 146 Å². The Morgan fingerprint density at radius 2 is 1.16 bits per heavy atom. The maximum Gasteiger partial charge on any atom is 0.255 e. The van der Waals surface area contributed by atoms with Gasteiger partial charge in [-0.25, -0.2) is 0 Å². The predicted octanol–water partition coefficient (Wildman–Crippen LogP) is 2.28. The van der Waals surface area contributed by atoms with Gasteiger partial charge in [0.05, 0.1) is 11.1 Å². The van der Waals surface area contributed by atoms with Crippen molar-refractivity contribution in [1.29, 1.82) is 0 Å². The van der Waals surface area contributed by atoms with Crippen molar-refractivity contribution < 1.29 is 19.8 Å². The van der Waals surface area contributed by atoms with Crippen LogP contribution >= 0.6 is 0 Å². The SMILES string of the molecule is CC(C)(CNC(=O)c1ccccc1O)CNC(=O)c1ccccc1O. The second-order valence-corrected chi connectivity index (χ2v) is 6.56. The van der Waals surface area contributed by atoms with Crippen molar-refractivity contribution in [3.8, 4) is 11.5 Å². The standard InChI is InChI=1S/C19H22N2O4/c1-19(2,11-20-17(24)13-7-3-5-9-15(13)22)12-21-18(25)14-8-4-6-10-16(14)23/h3-10,22-23H,11-12H2,1-2H3,(H,20,24)(H,21,25). The van der Waals surface area contributed by atoms with Crippen LogP contribution in [0, 0.1) is 5.41 Å². The van der Waals surface area contributed by atoms with Gasteiger partial charge in [-0.15, -0.1) is 0 Å². The smallest absolute Gasteiger partial charge is 0.255 e. The summed E-state index contributed by atoms with van der Waals surface area (Å²) in [6, 6.07) is 12.6. The van der Waals surface area contributed by atoms with Crippen molar-refractivity contribution in [1.82, 2.24) is 10.6 Å². The van der Waals surface area contributed by atoms with E-state index in [2.05, 4.69) is 10.6 Å². The third-order valence-corrected chi connectivity index (χ3v) is 3.75. The molecular formula is C19H22N2O4. The lowest BCUT2D eigenvalue weighted by Gasteiger charge is -2.25. The highest BCUT2D eigenvalue weighted by atomic mass is 16.3. The van der Waals surface area contributed by atoms with E-state index in [1.165, 1.54) is 24.3 Å². The summed E-state index contributed by atoms with van der Waals surface area (Å²) < 4.78 is 0. The summed E-state index contributed by atoms with van der Waals surface area (Å²) >= 11 is 0. The van der Waals surface area contributed by atoms with E-state index in [0.29, 0.717) is 13.1 Å². The molecule has 0 atom stereocenters. The van der Waals surface area contributed by atoms with Gasteiger partial charge in [-0.2, -0.15) is 0 Å². The number of nitrogens with one attached hydrogen (secondary N) is 2. The Bertz CT molecular complexity index is 708. The summed E-state index contributed by atoms with van der Waals surface area (Å²) in [6.45, 7) is 4.40. The molecule has 0 fully saturated rings. The van der Waals surface area contributed by atoms with Crippen molar-refractivity contribution >= 4 is 11.8 Å². The number of amides is 2. The van der Waals surface area contributed by atoms with Crippen LogP contribution in [0.2, 0.25) is 0 Å². The molecule has 6 heteroatoms. The second kappa shape index (κ2) is 7.70. The highest BCUT2D eigenvalue weighted by Crippen LogP contribution is 2.18. The first-order valence-electron chi connectivity index (χ1n) is 7.92. The van der Waals surface area contributed by atoms with Gasteiger partial charge in [0.2, 0.25) is 0 Å². The molecule has 0 aliphatic heterocycles. The summed E-state index contributed by atoms with van der Waals surface area (Å²) in [7, 11) is 0. The van der Waals surface area contributed by atoms with Crippen molar-refractivity contribution in [2.75, 3.05) is 13.1 Å². The van der Waals surface area contributed by atoms with Crippen LogP contribution in [0.5, 0.6) is 11.5 Å². The fraction of sp³-hybridized carbons (Fsp3) is 0.263. The van der Waals surface area contributed by atoms with Gasteiger partial charge < -0.3 is 20.8 Å². The van der Waals surface area contributed by atoms with Crippen LogP contribution in [0.15, 0.2) is 48.5 Å². The number of carbonyl (C=O) groups excluding carboxylic acids is 2. The van der Waals surface area contributed by atoms with Crippen molar-refractivity contribution in [3.63, 3.8) is 0 Å². The van der Waals surface area contributed by atoms with E-state index in [0.717, 1.165) is 0 Å². The maximum atomic E-state index is 12.1. The zero-order valence-electron chi connectivity index (χ0n) is 14.2. The normalized spacial score (nSPS) is 11.0. The van der Waals surface area contributed by atoms with Gasteiger partial charge in [-0.05, 0) is 29.7 Å². The molecule has 0 saturated carbocycles. The predicted molar refractivity (Wildman–Crippen MR) is 94.7 cm³/mol. The highest BCUT2D eigenvalue weighted by molar-refractivity contribution is 5.97. The van der Waals surface area contributed by atoms with E-state index < -0.39 is 5.41 Å². The quantitative estimate of drug-likeness (QED) is 0.647. The van der Waals surface area contributed by atoms with Crippen LogP contribution in [-0.4, -0.2) is 35.1 Å². The summed E-state index contributed by atoms with van der Waals surface area (Å²) in [6.07, 6.45) is 0. The highest BCUT2D eigenvalue weighted by Gasteiger charge is 2.22. The number of para-hydroxylation sites is 2. The Morgan fingerprint density at radius 3 is 1.52 bits per heavy atom. The third-order valence-electron chi connectivity index (χ3n) is 3.75. The van der Waals surface area contributed by atoms with E-state index in [9.17, 15) is 19.8 Å². The molecule has 2 aromatic carbocycles. The van der Waals surface area contributed by atoms with Crippen molar-refractivity contribution in [2.24, 2.45) is 5.41 Å². The fourth-order valence-electron chi connectivity index (χ4n) is 2.22. The molecule has 0 spiro atoms. The van der Waals surface area contributed by atoms with Crippen LogP contribution in [-0.2, 0) is 0 Å². The van der Waals surface area contributed by atoms with E-state index in [1.807, 2.05) is 13.8 Å². The van der Waals surface area contributed by atoms with E-state index in [1.54, 1.807) is 24.3 Å². The first-order chi connectivity index (χ1) is 11.8. The molecule has 2 amide bonds. The number of phenolic OH excluding ortho intramolecular Hbond substituents is 2. The summed E-state index contributed by atoms with van der Waals surface area (Å²) in [5.74, 6) is -0.910. The monoisotopic (exact) mass is 342 g/mol. The van der Waals surface area contributed by atoms with Crippen LogP contribution in [0.3, 0.4) is 0 Å². The molecule has 4 N–H and O–H groups in total. The summed E-state index contributed by atoms with van der Waals surface area (Å²) in [5, 5.41) is 24.9. The molecule has 0 aliphatic carbocycles. The molecule has 0 aromatic heterocycles. The number of benzene rings is 2. The van der Waals surface area contributed by atoms with E-state index >= 15 is 0 Å². The lowest BCUT2D eigenvalue weighted by molar-refractivity contribution is 0.0917. The molecule has 0 radical (unpaired) electrons. The number of carbonyl (C=O) groups is 2. The number of hydrogen-bond acceptors (Lipinski definition) is 4. The van der Waals surface area contributed by atoms with Gasteiger partial charge in [0, 0.05) is 13.1 Å². The van der Waals surface area contributed by atoms with Gasteiger partial charge in [0.15, 0.2) is 0 Å². The maximum absolute atomic E-state index is 12.1. The zero-order valence-corrected chi connectivity index (χ0v) is 14.2. The lowest BCUT2D eigenvalue weighted by atomic mass is 9.93. The minimum Gasteiger partial charge on any atom is -0.507 e. The molecule has 2 aromatic rings. The van der Waals surface area contributed by atoms with Crippen molar-refractivity contribution in [2.45, 2.75) is 13.8 Å². The lowest BCUT2D eigenvalue weighted by Crippen LogP contribution is -2.42. The summed E-state index contributed by atoms with van der Waals surface area (Å²) in [5.41, 5.74) is -0.00628. The summed E-state index contributed by atoms with van der Waals surface area (Å²) in [4.78, 5) is 24.2. The topological polar surface area (TPSA) is 98.7 Å². The molecule has 0 heterocycles. The Hall–Kier alpha value is -3.02. The number of hydrogen-bond donors (Lipinski definition) is 4. The second-order valence-electron chi connectivity index (χ2n) is 6.56. The largest absolute Gasteiger partial charge is 0.507 e. The molecule has 0 aliphatic rings. The van der Waals surface area contributed by atoms with Gasteiger partial charge in [-0.3, -0.25) is 9.59 Å². The van der Waals surface area contributed by atoms with Gasteiger partial charge in [0.25, 0.3) is 11.8 Å². The molecular weight excluding hydrogens is 320 g/mol. The van der Waals surface area contributed by atoms with Crippen LogP contribution in [0.4, 0.5) is 0 Å². The first-order valence-corrected chi connectivity index (χ1v) is 7.92. The van der Waals surface area contributed by atoms with E-state index in [-0.39, 0.29) is 34.4 Å². The van der Waals surface area contributed by atoms with Crippen LogP contribution < -0.4 is 10.6 Å². The molecule has 0 saturated heterocycles. The average Bonchev–Trinajstić information content (AvgIpc) is 2.59. The Morgan fingerprint density at radius 1 is 0.800 bits per heavy atom. The van der Waals surface area contributed by atoms with Crippen LogP contribution in [0.25, 0.3) is 0 Å². The van der Waals surface area contributed by atoms with Gasteiger partial charge >= 0.3 is 0 Å². The van der Waals surface area contributed by atoms with Gasteiger partial charge in [-0.1, -0.05) is 38.1 Å². The van der Waals surface area contributed by atoms with Crippen LogP contribution in [0.1, 0.15) is 34.6 Å².